The fraction of sp³-hybridized carbons (Fsp3) is 1.00. The van der Waals surface area contributed by atoms with E-state index in [0.717, 1.165) is 12.2 Å². The predicted molar refractivity (Wildman–Crippen MR) is 48.9 cm³/mol. The van der Waals surface area contributed by atoms with Gasteiger partial charge in [-0.1, -0.05) is 24.6 Å². The topological polar surface area (TPSA) is 26.0 Å². The number of hydrogen-bond acceptors (Lipinski definition) is 3. The fourth-order valence-electron chi connectivity index (χ4n) is 0.769. The van der Waals surface area contributed by atoms with Crippen molar-refractivity contribution in [2.45, 2.75) is 26.3 Å². The molecule has 0 bridgehead atoms. The lowest BCUT2D eigenvalue weighted by atomic mass is 10.1. The van der Waals surface area contributed by atoms with Crippen molar-refractivity contribution in [3.63, 3.8) is 0 Å². The van der Waals surface area contributed by atoms with Gasteiger partial charge in [-0.3, -0.25) is 0 Å². The Morgan fingerprint density at radius 3 is 2.44 bits per heavy atom. The normalized spacial score (nSPS) is 14.3. The van der Waals surface area contributed by atoms with Crippen LogP contribution in [0.1, 0.15) is 20.3 Å². The van der Waals surface area contributed by atoms with Crippen LogP contribution in [-0.2, 0) is 0 Å². The summed E-state index contributed by atoms with van der Waals surface area (Å²) >= 11 is 4.02. The van der Waals surface area contributed by atoms with Crippen LogP contribution < -0.4 is 5.73 Å². The highest BCUT2D eigenvalue weighted by Crippen LogP contribution is 2.10. The molecule has 0 heterocycles. The van der Waals surface area contributed by atoms with E-state index in [1.807, 2.05) is 0 Å². The smallest absolute Gasteiger partial charge is 0.0187 e. The van der Waals surface area contributed by atoms with Crippen molar-refractivity contribution in [1.29, 1.82) is 0 Å². The quantitative estimate of drug-likeness (QED) is 0.492. The summed E-state index contributed by atoms with van der Waals surface area (Å²) in [5.74, 6) is 1.67. The van der Waals surface area contributed by atoms with Gasteiger partial charge in [0, 0.05) is 11.8 Å². The molecule has 1 atom stereocenters. The lowest BCUT2D eigenvalue weighted by molar-refractivity contribution is 0.525. The molecule has 3 heteroatoms. The highest BCUT2D eigenvalue weighted by molar-refractivity contribution is 8.68. The first kappa shape index (κ1) is 9.66. The average molecular weight is 165 g/mol. The summed E-state index contributed by atoms with van der Waals surface area (Å²) in [7, 11) is 1.52. The summed E-state index contributed by atoms with van der Waals surface area (Å²) in [6.45, 7) is 4.37. The Hall–Kier alpha value is 0.660. The van der Waals surface area contributed by atoms with Gasteiger partial charge in [-0.15, -0.1) is 11.7 Å². The third-order valence-electron chi connectivity index (χ3n) is 1.06. The molecule has 0 aromatic carbocycles. The van der Waals surface area contributed by atoms with E-state index >= 15 is 0 Å². The second-order valence-corrected chi connectivity index (χ2v) is 4.05. The first-order chi connectivity index (χ1) is 4.16. The van der Waals surface area contributed by atoms with E-state index < -0.39 is 0 Å². The summed E-state index contributed by atoms with van der Waals surface area (Å²) in [6, 6.07) is 0.326. The van der Waals surface area contributed by atoms with Crippen LogP contribution in [0.3, 0.4) is 0 Å². The molecule has 56 valence electrons. The van der Waals surface area contributed by atoms with Crippen molar-refractivity contribution in [1.82, 2.24) is 0 Å². The molecule has 0 aliphatic rings. The van der Waals surface area contributed by atoms with E-state index in [9.17, 15) is 0 Å². The molecule has 0 radical (unpaired) electrons. The zero-order valence-corrected chi connectivity index (χ0v) is 7.71. The minimum absolute atomic E-state index is 0.326. The van der Waals surface area contributed by atoms with Crippen LogP contribution in [0, 0.1) is 5.92 Å². The third-order valence-corrected chi connectivity index (χ3v) is 2.09. The number of nitrogens with two attached hydrogens (primary N) is 1. The standard InChI is InChI=1S/C6H15NS2/c1-5(2)3-6(7)4-9-8/h5-6,8H,3-4,7H2,1-2H3. The molecule has 0 amide bonds. The maximum Gasteiger partial charge on any atom is 0.0187 e. The summed E-state index contributed by atoms with van der Waals surface area (Å²) in [4.78, 5) is 0. The fourth-order valence-corrected chi connectivity index (χ4v) is 1.67. The minimum atomic E-state index is 0.326. The largest absolute Gasteiger partial charge is 0.327 e. The van der Waals surface area contributed by atoms with E-state index in [4.69, 9.17) is 5.73 Å². The molecule has 1 unspecified atom stereocenters. The molecule has 0 rings (SSSR count). The van der Waals surface area contributed by atoms with Crippen molar-refractivity contribution >= 4 is 22.5 Å². The monoisotopic (exact) mass is 165 g/mol. The molecule has 0 aliphatic carbocycles. The maximum absolute atomic E-state index is 5.72. The van der Waals surface area contributed by atoms with Gasteiger partial charge in [0.15, 0.2) is 0 Å². The second-order valence-electron chi connectivity index (χ2n) is 2.69. The Labute approximate surface area is 66.6 Å². The number of rotatable bonds is 4. The second kappa shape index (κ2) is 5.45. The summed E-state index contributed by atoms with van der Waals surface area (Å²) in [6.07, 6.45) is 1.10. The Kier molecular flexibility index (Phi) is 5.84. The van der Waals surface area contributed by atoms with Crippen LogP contribution in [0.5, 0.6) is 0 Å². The molecule has 0 spiro atoms. The number of hydrogen-bond donors (Lipinski definition) is 2. The SMILES string of the molecule is CC(C)CC(N)CSS. The van der Waals surface area contributed by atoms with Crippen LogP contribution in [0.4, 0.5) is 0 Å². The summed E-state index contributed by atoms with van der Waals surface area (Å²) in [5.41, 5.74) is 5.72. The summed E-state index contributed by atoms with van der Waals surface area (Å²) in [5, 5.41) is 0. The Morgan fingerprint density at radius 2 is 2.11 bits per heavy atom. The van der Waals surface area contributed by atoms with Crippen LogP contribution in [-0.4, -0.2) is 11.8 Å². The van der Waals surface area contributed by atoms with Crippen LogP contribution >= 0.6 is 22.5 Å². The first-order valence-electron chi connectivity index (χ1n) is 3.18. The summed E-state index contributed by atoms with van der Waals surface area (Å²) < 4.78 is 0. The van der Waals surface area contributed by atoms with Gasteiger partial charge >= 0.3 is 0 Å². The van der Waals surface area contributed by atoms with E-state index in [-0.39, 0.29) is 0 Å². The molecule has 0 aromatic rings. The van der Waals surface area contributed by atoms with Crippen LogP contribution in [0.25, 0.3) is 0 Å². The highest BCUT2D eigenvalue weighted by atomic mass is 33.1. The van der Waals surface area contributed by atoms with Gasteiger partial charge in [0.2, 0.25) is 0 Å². The molecule has 2 N–H and O–H groups in total. The zero-order valence-electron chi connectivity index (χ0n) is 6.00. The van der Waals surface area contributed by atoms with Gasteiger partial charge < -0.3 is 5.73 Å². The van der Waals surface area contributed by atoms with Gasteiger partial charge in [-0.05, 0) is 12.3 Å². The average Bonchev–Trinajstić information content (AvgIpc) is 1.63. The van der Waals surface area contributed by atoms with Crippen molar-refractivity contribution in [2.24, 2.45) is 11.7 Å². The van der Waals surface area contributed by atoms with Gasteiger partial charge in [0.1, 0.15) is 0 Å². The molecular formula is C6H15NS2. The van der Waals surface area contributed by atoms with Gasteiger partial charge in [0.25, 0.3) is 0 Å². The van der Waals surface area contributed by atoms with Crippen molar-refractivity contribution in [3.8, 4) is 0 Å². The van der Waals surface area contributed by atoms with E-state index in [1.54, 1.807) is 0 Å². The Bertz CT molecular complexity index is 66.1. The van der Waals surface area contributed by atoms with E-state index in [2.05, 4.69) is 25.5 Å². The maximum atomic E-state index is 5.72. The molecule has 0 fully saturated rings. The van der Waals surface area contributed by atoms with Crippen LogP contribution in [0.2, 0.25) is 0 Å². The molecule has 0 aliphatic heterocycles. The molecule has 1 nitrogen and oxygen atoms in total. The van der Waals surface area contributed by atoms with Crippen LogP contribution in [0.15, 0.2) is 0 Å². The Balaban J connectivity index is 3.15. The van der Waals surface area contributed by atoms with Gasteiger partial charge in [-0.2, -0.15) is 0 Å². The van der Waals surface area contributed by atoms with Crippen molar-refractivity contribution in [2.75, 3.05) is 5.75 Å². The van der Waals surface area contributed by atoms with Crippen molar-refractivity contribution in [3.05, 3.63) is 0 Å². The van der Waals surface area contributed by atoms with E-state index in [0.29, 0.717) is 12.0 Å². The zero-order chi connectivity index (χ0) is 7.28. The molecular weight excluding hydrogens is 150 g/mol. The lowest BCUT2D eigenvalue weighted by Crippen LogP contribution is -2.24. The van der Waals surface area contributed by atoms with Gasteiger partial charge in [-0.25, -0.2) is 0 Å². The predicted octanol–water partition coefficient (Wildman–Crippen LogP) is 1.94. The Morgan fingerprint density at radius 1 is 1.56 bits per heavy atom. The lowest BCUT2D eigenvalue weighted by Gasteiger charge is -2.10. The van der Waals surface area contributed by atoms with Crippen molar-refractivity contribution < 1.29 is 0 Å². The van der Waals surface area contributed by atoms with Gasteiger partial charge in [0.05, 0.1) is 0 Å². The first-order valence-corrected chi connectivity index (χ1v) is 5.22. The molecule has 0 aromatic heterocycles. The third kappa shape index (κ3) is 6.55. The molecule has 0 saturated carbocycles. The molecule has 0 saturated heterocycles. The number of thiol groups is 1. The van der Waals surface area contributed by atoms with E-state index in [1.165, 1.54) is 10.8 Å². The minimum Gasteiger partial charge on any atom is -0.327 e. The highest BCUT2D eigenvalue weighted by Gasteiger charge is 2.03. The molecule has 9 heavy (non-hydrogen) atoms.